The van der Waals surface area contributed by atoms with Gasteiger partial charge in [-0.05, 0) is 36.4 Å². The number of aromatic nitrogens is 2. The van der Waals surface area contributed by atoms with Crippen molar-refractivity contribution >= 4 is 33.6 Å². The minimum Gasteiger partial charge on any atom is -0.496 e. The number of hydrogen-bond acceptors (Lipinski definition) is 4. The number of amides is 2. The average molecular weight is 406 g/mol. The van der Waals surface area contributed by atoms with Crippen molar-refractivity contribution in [2.45, 2.75) is 0 Å². The van der Waals surface area contributed by atoms with Gasteiger partial charge in [0.15, 0.2) is 0 Å². The second-order valence-corrected chi connectivity index (χ2v) is 6.70. The topological polar surface area (TPSA) is 108 Å². The summed E-state index contributed by atoms with van der Waals surface area (Å²) in [6, 6.07) is 12.7. The van der Waals surface area contributed by atoms with E-state index >= 15 is 0 Å². The lowest BCUT2D eigenvalue weighted by atomic mass is 10.1. The van der Waals surface area contributed by atoms with Gasteiger partial charge in [-0.1, -0.05) is 6.07 Å². The maximum Gasteiger partial charge on any atom is 0.267 e. The molecule has 2 aromatic carbocycles. The largest absolute Gasteiger partial charge is 0.496 e. The van der Waals surface area contributed by atoms with Crippen LogP contribution in [0.5, 0.6) is 11.5 Å². The van der Waals surface area contributed by atoms with Crippen LogP contribution in [-0.4, -0.2) is 49.1 Å². The summed E-state index contributed by atoms with van der Waals surface area (Å²) in [7, 11) is 3.14. The molecule has 0 aliphatic rings. The SMILES string of the molecule is COc1ccc(OC)c2[nH]c(C(=O)NCCNC(=O)c3cccc4[nH]ccc34)cc12. The number of nitrogens with one attached hydrogen (secondary N) is 4. The van der Waals surface area contributed by atoms with Crippen LogP contribution in [0, 0.1) is 0 Å². The van der Waals surface area contributed by atoms with Gasteiger partial charge in [0.2, 0.25) is 0 Å². The van der Waals surface area contributed by atoms with Gasteiger partial charge in [-0.2, -0.15) is 0 Å². The quantitative estimate of drug-likeness (QED) is 0.354. The number of methoxy groups -OCH3 is 2. The van der Waals surface area contributed by atoms with Crippen LogP contribution in [0.4, 0.5) is 0 Å². The highest BCUT2D eigenvalue weighted by molar-refractivity contribution is 6.06. The number of H-pyrrole nitrogens is 2. The zero-order valence-electron chi connectivity index (χ0n) is 16.7. The molecule has 2 heterocycles. The van der Waals surface area contributed by atoms with Crippen molar-refractivity contribution in [3.63, 3.8) is 0 Å². The van der Waals surface area contributed by atoms with Crippen molar-refractivity contribution in [1.29, 1.82) is 0 Å². The summed E-state index contributed by atoms with van der Waals surface area (Å²) < 4.78 is 10.7. The third-order valence-corrected chi connectivity index (χ3v) is 4.94. The second kappa shape index (κ2) is 8.20. The number of aromatic amines is 2. The number of fused-ring (bicyclic) bond motifs is 2. The maximum atomic E-state index is 12.5. The zero-order valence-corrected chi connectivity index (χ0v) is 16.7. The first-order valence-corrected chi connectivity index (χ1v) is 9.48. The van der Waals surface area contributed by atoms with Crippen molar-refractivity contribution < 1.29 is 19.1 Å². The summed E-state index contributed by atoms with van der Waals surface area (Å²) in [5.41, 5.74) is 2.57. The number of carbonyl (C=O) groups is 2. The molecule has 0 radical (unpaired) electrons. The summed E-state index contributed by atoms with van der Waals surface area (Å²) in [4.78, 5) is 31.1. The molecule has 4 rings (SSSR count). The molecule has 2 amide bonds. The smallest absolute Gasteiger partial charge is 0.267 e. The van der Waals surface area contributed by atoms with Gasteiger partial charge < -0.3 is 30.1 Å². The van der Waals surface area contributed by atoms with Gasteiger partial charge in [0.1, 0.15) is 17.2 Å². The summed E-state index contributed by atoms with van der Waals surface area (Å²) in [6.45, 7) is 0.593. The molecule has 0 atom stereocenters. The fourth-order valence-electron chi connectivity index (χ4n) is 3.46. The van der Waals surface area contributed by atoms with Gasteiger partial charge in [-0.3, -0.25) is 9.59 Å². The van der Waals surface area contributed by atoms with E-state index in [1.165, 1.54) is 0 Å². The standard InChI is InChI=1S/C22H22N4O4/c1-29-18-6-7-19(30-2)20-15(18)12-17(26-20)22(28)25-11-10-24-21(27)14-4-3-5-16-13(14)8-9-23-16/h3-9,12,23,26H,10-11H2,1-2H3,(H,24,27)(H,25,28). The Bertz CT molecular complexity index is 1180. The number of benzene rings is 2. The summed E-state index contributed by atoms with van der Waals surface area (Å²) in [6.07, 6.45) is 1.80. The maximum absolute atomic E-state index is 12.5. The van der Waals surface area contributed by atoms with Crippen molar-refractivity contribution in [2.24, 2.45) is 0 Å². The van der Waals surface area contributed by atoms with Crippen molar-refractivity contribution in [1.82, 2.24) is 20.6 Å². The first-order chi connectivity index (χ1) is 14.6. The van der Waals surface area contributed by atoms with Crippen LogP contribution in [0.15, 0.2) is 48.7 Å². The molecule has 0 aliphatic heterocycles. The molecule has 4 N–H and O–H groups in total. The fraction of sp³-hybridized carbons (Fsp3) is 0.182. The molecule has 0 unspecified atom stereocenters. The highest BCUT2D eigenvalue weighted by atomic mass is 16.5. The lowest BCUT2D eigenvalue weighted by Crippen LogP contribution is -2.34. The number of carbonyl (C=O) groups excluding carboxylic acids is 2. The highest BCUT2D eigenvalue weighted by Gasteiger charge is 2.15. The van der Waals surface area contributed by atoms with Crippen molar-refractivity contribution in [2.75, 3.05) is 27.3 Å². The van der Waals surface area contributed by atoms with E-state index in [0.717, 1.165) is 16.3 Å². The Kier molecular flexibility index (Phi) is 5.30. The normalized spacial score (nSPS) is 10.9. The molecule has 154 valence electrons. The van der Waals surface area contributed by atoms with Crippen LogP contribution >= 0.6 is 0 Å². The first-order valence-electron chi connectivity index (χ1n) is 9.48. The molecule has 0 saturated carbocycles. The molecule has 0 fully saturated rings. The molecule has 0 saturated heterocycles. The third-order valence-electron chi connectivity index (χ3n) is 4.94. The van der Waals surface area contributed by atoms with E-state index in [9.17, 15) is 9.59 Å². The number of ether oxygens (including phenoxy) is 2. The van der Waals surface area contributed by atoms with Crippen LogP contribution in [0.2, 0.25) is 0 Å². The lowest BCUT2D eigenvalue weighted by molar-refractivity contribution is 0.0926. The zero-order chi connectivity index (χ0) is 21.1. The van der Waals surface area contributed by atoms with Gasteiger partial charge >= 0.3 is 0 Å². The molecular weight excluding hydrogens is 384 g/mol. The molecule has 30 heavy (non-hydrogen) atoms. The molecule has 2 aromatic heterocycles. The lowest BCUT2D eigenvalue weighted by Gasteiger charge is -2.07. The molecule has 4 aromatic rings. The minimum atomic E-state index is -0.280. The molecule has 0 spiro atoms. The van der Waals surface area contributed by atoms with Crippen LogP contribution in [0.3, 0.4) is 0 Å². The summed E-state index contributed by atoms with van der Waals surface area (Å²) in [5, 5.41) is 7.25. The van der Waals surface area contributed by atoms with E-state index in [4.69, 9.17) is 9.47 Å². The van der Waals surface area contributed by atoms with E-state index in [0.29, 0.717) is 34.8 Å². The summed E-state index contributed by atoms with van der Waals surface area (Å²) >= 11 is 0. The number of hydrogen-bond donors (Lipinski definition) is 4. The minimum absolute atomic E-state index is 0.186. The Labute approximate surface area is 172 Å². The Balaban J connectivity index is 1.38. The Morgan fingerprint density at radius 3 is 2.40 bits per heavy atom. The Morgan fingerprint density at radius 1 is 0.900 bits per heavy atom. The fourth-order valence-corrected chi connectivity index (χ4v) is 3.46. The average Bonchev–Trinajstić information content (AvgIpc) is 3.42. The van der Waals surface area contributed by atoms with Gasteiger partial charge in [0, 0.05) is 41.1 Å². The number of rotatable bonds is 7. The van der Waals surface area contributed by atoms with E-state index < -0.39 is 0 Å². The van der Waals surface area contributed by atoms with Crippen LogP contribution in [0.1, 0.15) is 20.8 Å². The molecule has 8 heteroatoms. The van der Waals surface area contributed by atoms with Crippen molar-refractivity contribution in [3.05, 3.63) is 59.9 Å². The summed E-state index contributed by atoms with van der Waals surface area (Å²) in [5.74, 6) is 0.801. The van der Waals surface area contributed by atoms with Gasteiger partial charge in [-0.25, -0.2) is 0 Å². The van der Waals surface area contributed by atoms with E-state index in [1.807, 2.05) is 18.2 Å². The molecule has 8 nitrogen and oxygen atoms in total. The Hall–Kier alpha value is -3.94. The van der Waals surface area contributed by atoms with Crippen molar-refractivity contribution in [3.8, 4) is 11.5 Å². The molecular formula is C22H22N4O4. The molecule has 0 bridgehead atoms. The van der Waals surface area contributed by atoms with Gasteiger partial charge in [0.05, 0.1) is 19.7 Å². The van der Waals surface area contributed by atoms with Gasteiger partial charge in [0.25, 0.3) is 11.8 Å². The van der Waals surface area contributed by atoms with E-state index in [-0.39, 0.29) is 18.4 Å². The predicted octanol–water partition coefficient (Wildman–Crippen LogP) is 2.83. The third kappa shape index (κ3) is 3.55. The van der Waals surface area contributed by atoms with Gasteiger partial charge in [-0.15, -0.1) is 0 Å². The predicted molar refractivity (Wildman–Crippen MR) is 114 cm³/mol. The molecule has 0 aliphatic carbocycles. The van der Waals surface area contributed by atoms with Crippen LogP contribution in [-0.2, 0) is 0 Å². The monoisotopic (exact) mass is 406 g/mol. The van der Waals surface area contributed by atoms with Crippen LogP contribution < -0.4 is 20.1 Å². The Morgan fingerprint density at radius 2 is 1.63 bits per heavy atom. The highest BCUT2D eigenvalue weighted by Crippen LogP contribution is 2.33. The second-order valence-electron chi connectivity index (χ2n) is 6.70. The van der Waals surface area contributed by atoms with Crippen LogP contribution in [0.25, 0.3) is 21.8 Å². The van der Waals surface area contributed by atoms with E-state index in [2.05, 4.69) is 20.6 Å². The first kappa shape index (κ1) is 19.4. The van der Waals surface area contributed by atoms with E-state index in [1.54, 1.807) is 44.7 Å².